The summed E-state index contributed by atoms with van der Waals surface area (Å²) in [7, 11) is 0. The second kappa shape index (κ2) is 8.04. The van der Waals surface area contributed by atoms with E-state index in [1.54, 1.807) is 30.3 Å². The number of carbonyl (C=O) groups is 1. The minimum atomic E-state index is -5.07. The molecular formula is C21H19F6NO2. The van der Waals surface area contributed by atoms with E-state index in [0.717, 1.165) is 0 Å². The number of nitrogens with zero attached hydrogens (tertiary/aromatic N) is 1. The van der Waals surface area contributed by atoms with E-state index in [2.05, 4.69) is 6.58 Å². The van der Waals surface area contributed by atoms with Crippen molar-refractivity contribution in [1.82, 2.24) is 5.06 Å². The fourth-order valence-electron chi connectivity index (χ4n) is 2.47. The Labute approximate surface area is 169 Å². The van der Waals surface area contributed by atoms with Gasteiger partial charge in [-0.25, -0.2) is 0 Å². The minimum absolute atomic E-state index is 0.00176. The molecule has 0 radical (unpaired) electrons. The first-order chi connectivity index (χ1) is 13.6. The number of alkyl halides is 6. The minimum Gasteiger partial charge on any atom is -0.376 e. The summed E-state index contributed by atoms with van der Waals surface area (Å²) in [6, 6.07) is 9.02. The van der Waals surface area contributed by atoms with E-state index in [9.17, 15) is 31.1 Å². The van der Waals surface area contributed by atoms with Crippen LogP contribution in [-0.4, -0.2) is 16.5 Å². The molecule has 0 aliphatic heterocycles. The fourth-order valence-corrected chi connectivity index (χ4v) is 2.47. The highest BCUT2D eigenvalue weighted by atomic mass is 19.4. The summed E-state index contributed by atoms with van der Waals surface area (Å²) in [5.74, 6) is -1.17. The predicted molar refractivity (Wildman–Crippen MR) is 98.9 cm³/mol. The SMILES string of the molecule is C=C(ON(C(=O)c1cc(C(F)(F)F)cc(C(F)(F)F)c1)C(C)(C)C)c1ccccc1. The van der Waals surface area contributed by atoms with Crippen molar-refractivity contribution in [3.63, 3.8) is 0 Å². The number of halogens is 6. The maximum atomic E-state index is 13.1. The third-order valence-electron chi connectivity index (χ3n) is 3.93. The van der Waals surface area contributed by atoms with Gasteiger partial charge in [-0.2, -0.15) is 31.4 Å². The van der Waals surface area contributed by atoms with Crippen molar-refractivity contribution >= 4 is 11.7 Å². The Morgan fingerprint density at radius 1 is 0.833 bits per heavy atom. The molecule has 0 saturated heterocycles. The first kappa shape index (κ1) is 23.3. The Morgan fingerprint density at radius 3 is 1.70 bits per heavy atom. The van der Waals surface area contributed by atoms with Crippen molar-refractivity contribution < 1.29 is 36.0 Å². The summed E-state index contributed by atoms with van der Waals surface area (Å²) in [4.78, 5) is 18.4. The molecule has 0 aliphatic carbocycles. The number of hydrogen-bond acceptors (Lipinski definition) is 2. The molecule has 1 amide bonds. The van der Waals surface area contributed by atoms with Crippen molar-refractivity contribution in [2.24, 2.45) is 0 Å². The van der Waals surface area contributed by atoms with Gasteiger partial charge < -0.3 is 4.84 Å². The van der Waals surface area contributed by atoms with Crippen LogP contribution in [0.3, 0.4) is 0 Å². The van der Waals surface area contributed by atoms with E-state index in [-0.39, 0.29) is 11.8 Å². The van der Waals surface area contributed by atoms with Gasteiger partial charge in [0.15, 0.2) is 5.76 Å². The third-order valence-corrected chi connectivity index (χ3v) is 3.93. The lowest BCUT2D eigenvalue weighted by molar-refractivity contribution is -0.143. The zero-order chi connectivity index (χ0) is 22.9. The molecule has 9 heteroatoms. The van der Waals surface area contributed by atoms with Gasteiger partial charge in [0.2, 0.25) is 0 Å². The first-order valence-electron chi connectivity index (χ1n) is 8.67. The summed E-state index contributed by atoms with van der Waals surface area (Å²) in [5.41, 5.74) is -4.61. The van der Waals surface area contributed by atoms with Crippen LogP contribution >= 0.6 is 0 Å². The summed E-state index contributed by atoms with van der Waals surface area (Å²) in [5, 5.41) is 0.706. The molecule has 2 rings (SSSR count). The van der Waals surface area contributed by atoms with Gasteiger partial charge >= 0.3 is 12.4 Å². The fraction of sp³-hybridized carbons (Fsp3) is 0.286. The second-order valence-electron chi connectivity index (χ2n) is 7.45. The van der Waals surface area contributed by atoms with Crippen LogP contribution < -0.4 is 0 Å². The van der Waals surface area contributed by atoms with Crippen molar-refractivity contribution in [1.29, 1.82) is 0 Å². The van der Waals surface area contributed by atoms with Crippen LogP contribution in [0.5, 0.6) is 0 Å². The monoisotopic (exact) mass is 431 g/mol. The molecule has 0 N–H and O–H groups in total. The van der Waals surface area contributed by atoms with Gasteiger partial charge in [-0.15, -0.1) is 0 Å². The molecule has 0 saturated carbocycles. The van der Waals surface area contributed by atoms with Crippen LogP contribution in [0.2, 0.25) is 0 Å². The zero-order valence-electron chi connectivity index (χ0n) is 16.4. The molecule has 0 spiro atoms. The maximum Gasteiger partial charge on any atom is 0.416 e. The van der Waals surface area contributed by atoms with Crippen molar-refractivity contribution in [2.75, 3.05) is 0 Å². The van der Waals surface area contributed by atoms with E-state index in [0.29, 0.717) is 22.8 Å². The van der Waals surface area contributed by atoms with Gasteiger partial charge in [0.25, 0.3) is 5.91 Å². The van der Waals surface area contributed by atoms with Crippen LogP contribution in [-0.2, 0) is 17.2 Å². The Bertz CT molecular complexity index is 895. The van der Waals surface area contributed by atoms with Crippen LogP contribution in [0, 0.1) is 0 Å². The number of benzene rings is 2. The van der Waals surface area contributed by atoms with Crippen molar-refractivity contribution in [2.45, 2.75) is 38.7 Å². The Hall–Kier alpha value is -2.97. The normalized spacial score (nSPS) is 12.4. The van der Waals surface area contributed by atoms with E-state index in [1.165, 1.54) is 20.8 Å². The quantitative estimate of drug-likeness (QED) is 0.311. The molecule has 0 bridgehead atoms. The second-order valence-corrected chi connectivity index (χ2v) is 7.45. The van der Waals surface area contributed by atoms with Gasteiger partial charge in [0.1, 0.15) is 0 Å². The Morgan fingerprint density at radius 2 is 1.30 bits per heavy atom. The molecular weight excluding hydrogens is 412 g/mol. The van der Waals surface area contributed by atoms with Gasteiger partial charge in [0, 0.05) is 11.1 Å². The Kier molecular flexibility index (Phi) is 6.25. The number of hydroxylamine groups is 2. The molecule has 2 aromatic carbocycles. The van der Waals surface area contributed by atoms with Gasteiger partial charge in [0.05, 0.1) is 16.7 Å². The highest BCUT2D eigenvalue weighted by Gasteiger charge is 2.39. The van der Waals surface area contributed by atoms with E-state index < -0.39 is 40.5 Å². The third kappa shape index (κ3) is 5.55. The average molecular weight is 431 g/mol. The molecule has 0 aliphatic rings. The summed E-state index contributed by atoms with van der Waals surface area (Å²) >= 11 is 0. The maximum absolute atomic E-state index is 13.1. The number of carbonyl (C=O) groups excluding carboxylic acids is 1. The van der Waals surface area contributed by atoms with Crippen molar-refractivity contribution in [3.8, 4) is 0 Å². The van der Waals surface area contributed by atoms with Crippen LogP contribution in [0.25, 0.3) is 5.76 Å². The summed E-state index contributed by atoms with van der Waals surface area (Å²) in [6.07, 6.45) is -10.1. The Balaban J connectivity index is 2.51. The van der Waals surface area contributed by atoms with Gasteiger partial charge in [-0.1, -0.05) is 36.9 Å². The van der Waals surface area contributed by atoms with E-state index in [4.69, 9.17) is 4.84 Å². The number of hydrogen-bond donors (Lipinski definition) is 0. The molecule has 0 atom stereocenters. The van der Waals surface area contributed by atoms with Crippen LogP contribution in [0.4, 0.5) is 26.3 Å². The molecule has 0 fully saturated rings. The lowest BCUT2D eigenvalue weighted by atomic mass is 10.0. The summed E-state index contributed by atoms with van der Waals surface area (Å²) < 4.78 is 78.8. The summed E-state index contributed by atoms with van der Waals surface area (Å²) in [6.45, 7) is 8.24. The highest BCUT2D eigenvalue weighted by molar-refractivity contribution is 5.94. The van der Waals surface area contributed by atoms with Gasteiger partial charge in [-0.3, -0.25) is 4.79 Å². The van der Waals surface area contributed by atoms with E-state index >= 15 is 0 Å². The molecule has 162 valence electrons. The lowest BCUT2D eigenvalue weighted by Crippen LogP contribution is -2.45. The number of rotatable bonds is 4. The first-order valence-corrected chi connectivity index (χ1v) is 8.67. The molecule has 0 heterocycles. The molecule has 3 nitrogen and oxygen atoms in total. The lowest BCUT2D eigenvalue weighted by Gasteiger charge is -2.35. The zero-order valence-corrected chi connectivity index (χ0v) is 16.4. The van der Waals surface area contributed by atoms with Crippen molar-refractivity contribution in [3.05, 3.63) is 77.4 Å². The van der Waals surface area contributed by atoms with Gasteiger partial charge in [-0.05, 0) is 39.0 Å². The topological polar surface area (TPSA) is 29.5 Å². The molecule has 30 heavy (non-hydrogen) atoms. The largest absolute Gasteiger partial charge is 0.416 e. The van der Waals surface area contributed by atoms with E-state index in [1.807, 2.05) is 0 Å². The average Bonchev–Trinajstić information content (AvgIpc) is 2.63. The van der Waals surface area contributed by atoms with Crippen LogP contribution in [0.1, 0.15) is 47.8 Å². The smallest absolute Gasteiger partial charge is 0.376 e. The molecule has 0 unspecified atom stereocenters. The standard InChI is InChI=1S/C21H19F6NO2/c1-13(14-8-6-5-7-9-14)30-28(19(2,3)4)18(29)15-10-16(20(22,23)24)12-17(11-15)21(25,26)27/h5-12H,1H2,2-4H3. The highest BCUT2D eigenvalue weighted by Crippen LogP contribution is 2.37. The molecule has 0 aromatic heterocycles. The predicted octanol–water partition coefficient (Wildman–Crippen LogP) is 6.57. The molecule has 2 aromatic rings. The van der Waals surface area contributed by atoms with Crippen LogP contribution in [0.15, 0.2) is 55.1 Å². The number of amides is 1.